The second-order valence-electron chi connectivity index (χ2n) is 5.66. The second kappa shape index (κ2) is 13.5. The van der Waals surface area contributed by atoms with Crippen LogP contribution in [-0.2, 0) is 19.2 Å². The van der Waals surface area contributed by atoms with Gasteiger partial charge < -0.3 is 26.1 Å². The third-order valence-corrected chi connectivity index (χ3v) is 3.32. The van der Waals surface area contributed by atoms with Gasteiger partial charge in [0, 0.05) is 58.9 Å². The molecule has 0 bridgehead atoms. The van der Waals surface area contributed by atoms with E-state index in [9.17, 15) is 19.2 Å². The second-order valence-corrected chi connectivity index (χ2v) is 5.66. The number of ketones is 1. The largest absolute Gasteiger partial charge is 0.356 e. The topological polar surface area (TPSA) is 122 Å². The molecule has 24 heavy (non-hydrogen) atoms. The average Bonchev–Trinajstić information content (AvgIpc) is 2.51. The summed E-state index contributed by atoms with van der Waals surface area (Å²) in [6.07, 6.45) is 2.02. The van der Waals surface area contributed by atoms with Crippen LogP contribution >= 0.6 is 0 Å². The van der Waals surface area contributed by atoms with Crippen LogP contribution in [0.5, 0.6) is 0 Å². The smallest absolute Gasteiger partial charge is 0.223 e. The Kier molecular flexibility index (Phi) is 12.4. The number of hydrogen-bond donors (Lipinski definition) is 3. The third-order valence-electron chi connectivity index (χ3n) is 3.32. The van der Waals surface area contributed by atoms with E-state index in [1.165, 1.54) is 13.8 Å². The number of nitrogens with one attached hydrogen (secondary N) is 2. The first-order chi connectivity index (χ1) is 11.4. The van der Waals surface area contributed by atoms with Crippen LogP contribution in [0.1, 0.15) is 46.0 Å². The fourth-order valence-corrected chi connectivity index (χ4v) is 2.05. The molecule has 0 saturated heterocycles. The van der Waals surface area contributed by atoms with Gasteiger partial charge in [-0.2, -0.15) is 0 Å². The van der Waals surface area contributed by atoms with Crippen LogP contribution in [0, 0.1) is 0 Å². The molecule has 0 unspecified atom stereocenters. The van der Waals surface area contributed by atoms with E-state index in [0.717, 1.165) is 0 Å². The van der Waals surface area contributed by atoms with Crippen molar-refractivity contribution in [2.24, 2.45) is 5.73 Å². The predicted molar refractivity (Wildman–Crippen MR) is 91.1 cm³/mol. The number of nitrogens with two attached hydrogens (primary N) is 1. The molecule has 0 aliphatic carbocycles. The molecule has 0 spiro atoms. The van der Waals surface area contributed by atoms with Crippen LogP contribution in [0.4, 0.5) is 0 Å². The Balaban J connectivity index is 4.07. The van der Waals surface area contributed by atoms with E-state index in [2.05, 4.69) is 10.6 Å². The molecule has 0 heterocycles. The first-order valence-corrected chi connectivity index (χ1v) is 8.35. The number of carbonyl (C=O) groups excluding carboxylic acids is 4. The minimum absolute atomic E-state index is 0.0112. The molecule has 3 amide bonds. The zero-order valence-corrected chi connectivity index (χ0v) is 14.7. The number of Topliss-reactive ketones (excluding diaryl/α,β-unsaturated/α-hetero) is 1. The molecule has 0 aliphatic rings. The van der Waals surface area contributed by atoms with Gasteiger partial charge in [-0.1, -0.05) is 0 Å². The summed E-state index contributed by atoms with van der Waals surface area (Å²) < 4.78 is 0. The van der Waals surface area contributed by atoms with Gasteiger partial charge in [0.2, 0.25) is 17.7 Å². The molecular formula is C16H30N4O4. The van der Waals surface area contributed by atoms with Crippen LogP contribution in [0.2, 0.25) is 0 Å². The molecule has 0 aromatic carbocycles. The summed E-state index contributed by atoms with van der Waals surface area (Å²) in [6, 6.07) is 0. The zero-order chi connectivity index (χ0) is 18.4. The number of rotatable bonds is 13. The van der Waals surface area contributed by atoms with Crippen LogP contribution < -0.4 is 16.4 Å². The van der Waals surface area contributed by atoms with Crippen molar-refractivity contribution < 1.29 is 19.2 Å². The summed E-state index contributed by atoms with van der Waals surface area (Å²) >= 11 is 0. The molecule has 0 aromatic heterocycles. The molecule has 8 nitrogen and oxygen atoms in total. The van der Waals surface area contributed by atoms with Crippen molar-refractivity contribution in [3.05, 3.63) is 0 Å². The first-order valence-electron chi connectivity index (χ1n) is 8.35. The molecule has 0 atom stereocenters. The van der Waals surface area contributed by atoms with Gasteiger partial charge >= 0.3 is 0 Å². The van der Waals surface area contributed by atoms with Crippen molar-refractivity contribution in [1.82, 2.24) is 15.5 Å². The summed E-state index contributed by atoms with van der Waals surface area (Å²) in [4.78, 5) is 46.9. The van der Waals surface area contributed by atoms with Gasteiger partial charge in [-0.25, -0.2) is 0 Å². The molecule has 0 aromatic rings. The Bertz CT molecular complexity index is 426. The monoisotopic (exact) mass is 342 g/mol. The molecule has 0 fully saturated rings. The van der Waals surface area contributed by atoms with E-state index >= 15 is 0 Å². The lowest BCUT2D eigenvalue weighted by molar-refractivity contribution is -0.131. The standard InChI is InChI=1S/C16H30N4O4/c1-13(21)5-6-15(23)19-10-4-12-20(16(24)7-8-17)11-3-9-18-14(2)22/h3-12,17H2,1-2H3,(H,18,22)(H,19,23). The Hall–Kier alpha value is -1.96. The lowest BCUT2D eigenvalue weighted by Crippen LogP contribution is -2.37. The average molecular weight is 342 g/mol. The highest BCUT2D eigenvalue weighted by atomic mass is 16.2. The summed E-state index contributed by atoms with van der Waals surface area (Å²) in [5.41, 5.74) is 5.43. The minimum atomic E-state index is -0.157. The van der Waals surface area contributed by atoms with Gasteiger partial charge in [0.15, 0.2) is 0 Å². The number of nitrogens with zero attached hydrogens (tertiary/aromatic N) is 1. The highest BCUT2D eigenvalue weighted by Crippen LogP contribution is 1.98. The predicted octanol–water partition coefficient (Wildman–Crippen LogP) is -0.434. The molecule has 0 rings (SSSR count). The van der Waals surface area contributed by atoms with Crippen LogP contribution in [0.15, 0.2) is 0 Å². The summed E-state index contributed by atoms with van der Waals surface area (Å²) in [5.74, 6) is -0.287. The van der Waals surface area contributed by atoms with Gasteiger partial charge in [0.05, 0.1) is 0 Å². The fraction of sp³-hybridized carbons (Fsp3) is 0.750. The van der Waals surface area contributed by atoms with Gasteiger partial charge in [0.25, 0.3) is 0 Å². The lowest BCUT2D eigenvalue weighted by atomic mass is 10.2. The SMILES string of the molecule is CC(=O)CCC(=O)NCCCN(CCCNC(C)=O)C(=O)CCN. The molecule has 138 valence electrons. The van der Waals surface area contributed by atoms with Gasteiger partial charge in [-0.15, -0.1) is 0 Å². The van der Waals surface area contributed by atoms with Gasteiger partial charge in [-0.05, 0) is 19.8 Å². The van der Waals surface area contributed by atoms with Crippen molar-refractivity contribution in [3.63, 3.8) is 0 Å². The molecule has 4 N–H and O–H groups in total. The van der Waals surface area contributed by atoms with Crippen molar-refractivity contribution in [1.29, 1.82) is 0 Å². The summed E-state index contributed by atoms with van der Waals surface area (Å²) in [5, 5.41) is 5.43. The van der Waals surface area contributed by atoms with Gasteiger partial charge in [0.1, 0.15) is 5.78 Å². The maximum Gasteiger partial charge on any atom is 0.223 e. The Morgan fingerprint density at radius 2 is 1.46 bits per heavy atom. The normalized spacial score (nSPS) is 10.1. The molecule has 0 saturated carbocycles. The molecular weight excluding hydrogens is 312 g/mol. The minimum Gasteiger partial charge on any atom is -0.356 e. The summed E-state index contributed by atoms with van der Waals surface area (Å²) in [7, 11) is 0. The van der Waals surface area contributed by atoms with Crippen LogP contribution in [0.25, 0.3) is 0 Å². The van der Waals surface area contributed by atoms with Crippen molar-refractivity contribution >= 4 is 23.5 Å². The van der Waals surface area contributed by atoms with Gasteiger partial charge in [-0.3, -0.25) is 14.4 Å². The highest BCUT2D eigenvalue weighted by Gasteiger charge is 2.12. The molecule has 0 radical (unpaired) electrons. The van der Waals surface area contributed by atoms with E-state index in [1.54, 1.807) is 4.90 Å². The fourth-order valence-electron chi connectivity index (χ4n) is 2.05. The Morgan fingerprint density at radius 1 is 0.875 bits per heavy atom. The Labute approximate surface area is 143 Å². The lowest BCUT2D eigenvalue weighted by Gasteiger charge is -2.22. The number of hydrogen-bond acceptors (Lipinski definition) is 5. The zero-order valence-electron chi connectivity index (χ0n) is 14.7. The Morgan fingerprint density at radius 3 is 1.96 bits per heavy atom. The first kappa shape index (κ1) is 22.0. The maximum atomic E-state index is 12.0. The summed E-state index contributed by atoms with van der Waals surface area (Å²) in [6.45, 7) is 5.23. The van der Waals surface area contributed by atoms with E-state index in [1.807, 2.05) is 0 Å². The van der Waals surface area contributed by atoms with Crippen molar-refractivity contribution in [3.8, 4) is 0 Å². The van der Waals surface area contributed by atoms with Crippen LogP contribution in [0.3, 0.4) is 0 Å². The van der Waals surface area contributed by atoms with Crippen LogP contribution in [-0.4, -0.2) is 61.1 Å². The van der Waals surface area contributed by atoms with Crippen molar-refractivity contribution in [2.75, 3.05) is 32.7 Å². The highest BCUT2D eigenvalue weighted by molar-refractivity contribution is 5.83. The molecule has 0 aliphatic heterocycles. The van der Waals surface area contributed by atoms with E-state index in [-0.39, 0.29) is 42.8 Å². The molecule has 8 heteroatoms. The third kappa shape index (κ3) is 12.6. The van der Waals surface area contributed by atoms with E-state index in [4.69, 9.17) is 5.73 Å². The number of carbonyl (C=O) groups is 4. The quantitative estimate of drug-likeness (QED) is 0.392. The van der Waals surface area contributed by atoms with E-state index < -0.39 is 0 Å². The number of amides is 3. The van der Waals surface area contributed by atoms with Crippen molar-refractivity contribution in [2.45, 2.75) is 46.0 Å². The van der Waals surface area contributed by atoms with E-state index in [0.29, 0.717) is 45.6 Å². The maximum absolute atomic E-state index is 12.0.